The average molecular weight is 640 g/mol. The van der Waals surface area contributed by atoms with E-state index in [1.54, 1.807) is 0 Å². The third-order valence-corrected chi connectivity index (χ3v) is 10.4. The Morgan fingerprint density at radius 1 is 0.380 bits per heavy atom. The molecule has 0 aliphatic heterocycles. The average Bonchev–Trinajstić information content (AvgIpc) is 3.41. The Bertz CT molecular complexity index is 2430. The lowest BCUT2D eigenvalue weighted by atomic mass is 9.78. The second kappa shape index (κ2) is 12.1. The van der Waals surface area contributed by atoms with Gasteiger partial charge in [0.05, 0.1) is 5.69 Å². The minimum Gasteiger partial charge on any atom is -0.310 e. The number of rotatable bonds is 6. The van der Waals surface area contributed by atoms with Crippen LogP contribution in [0.2, 0.25) is 0 Å². The van der Waals surface area contributed by atoms with E-state index in [0.29, 0.717) is 0 Å². The molecule has 0 saturated carbocycles. The standard InChI is InChI=1S/C49H37N/c1-49(2)46-27-15-14-26-43(46)45-33-41(32-44(48(45)49)37-21-10-5-11-22-37)50(47-28-16-24-36-23-12-13-25-42(36)47)40-30-38(34-17-6-3-7-18-34)29-39(31-40)35-19-8-4-9-20-35/h3-33H,1-2H3. The number of benzene rings is 8. The zero-order chi connectivity index (χ0) is 33.7. The first-order valence-corrected chi connectivity index (χ1v) is 17.4. The van der Waals surface area contributed by atoms with Crippen LogP contribution in [-0.4, -0.2) is 0 Å². The fourth-order valence-corrected chi connectivity index (χ4v) is 8.05. The van der Waals surface area contributed by atoms with Crippen LogP contribution in [0.3, 0.4) is 0 Å². The molecule has 0 unspecified atom stereocenters. The molecule has 0 atom stereocenters. The van der Waals surface area contributed by atoms with Crippen LogP contribution in [-0.2, 0) is 5.41 Å². The zero-order valence-corrected chi connectivity index (χ0v) is 28.3. The molecule has 238 valence electrons. The van der Waals surface area contributed by atoms with Crippen molar-refractivity contribution in [2.24, 2.45) is 0 Å². The zero-order valence-electron chi connectivity index (χ0n) is 28.3. The maximum atomic E-state index is 2.49. The quantitative estimate of drug-likeness (QED) is 0.175. The molecule has 1 nitrogen and oxygen atoms in total. The molecule has 0 radical (unpaired) electrons. The summed E-state index contributed by atoms with van der Waals surface area (Å²) in [5.41, 5.74) is 15.9. The summed E-state index contributed by atoms with van der Waals surface area (Å²) < 4.78 is 0. The smallest absolute Gasteiger partial charge is 0.0540 e. The summed E-state index contributed by atoms with van der Waals surface area (Å²) in [4.78, 5) is 2.49. The van der Waals surface area contributed by atoms with Crippen molar-refractivity contribution in [3.05, 3.63) is 199 Å². The molecule has 1 heteroatoms. The van der Waals surface area contributed by atoms with Gasteiger partial charge in [-0.05, 0) is 97.4 Å². The SMILES string of the molecule is CC1(C)c2ccccc2-c2cc(N(c3cc(-c4ccccc4)cc(-c4ccccc4)c3)c3cccc4ccccc34)cc(-c3ccccc3)c21. The van der Waals surface area contributed by atoms with E-state index < -0.39 is 0 Å². The van der Waals surface area contributed by atoms with Crippen LogP contribution >= 0.6 is 0 Å². The van der Waals surface area contributed by atoms with E-state index in [4.69, 9.17) is 0 Å². The Hall–Kier alpha value is -6.18. The van der Waals surface area contributed by atoms with Crippen LogP contribution < -0.4 is 4.90 Å². The Morgan fingerprint density at radius 3 is 1.58 bits per heavy atom. The van der Waals surface area contributed by atoms with Gasteiger partial charge >= 0.3 is 0 Å². The lowest BCUT2D eigenvalue weighted by molar-refractivity contribution is 0.662. The summed E-state index contributed by atoms with van der Waals surface area (Å²) in [5, 5.41) is 2.43. The number of fused-ring (bicyclic) bond motifs is 4. The van der Waals surface area contributed by atoms with Gasteiger partial charge in [0.2, 0.25) is 0 Å². The molecule has 1 aliphatic rings. The number of hydrogen-bond donors (Lipinski definition) is 0. The molecule has 0 saturated heterocycles. The monoisotopic (exact) mass is 639 g/mol. The van der Waals surface area contributed by atoms with Crippen molar-refractivity contribution in [3.8, 4) is 44.5 Å². The van der Waals surface area contributed by atoms with E-state index in [9.17, 15) is 0 Å². The van der Waals surface area contributed by atoms with Gasteiger partial charge in [0.1, 0.15) is 0 Å². The first-order valence-electron chi connectivity index (χ1n) is 17.4. The van der Waals surface area contributed by atoms with E-state index >= 15 is 0 Å². The summed E-state index contributed by atoms with van der Waals surface area (Å²) >= 11 is 0. The van der Waals surface area contributed by atoms with Gasteiger partial charge < -0.3 is 4.90 Å². The van der Waals surface area contributed by atoms with Crippen LogP contribution in [0.1, 0.15) is 25.0 Å². The lowest BCUT2D eigenvalue weighted by Gasteiger charge is -2.31. The first kappa shape index (κ1) is 29.9. The van der Waals surface area contributed by atoms with Crippen molar-refractivity contribution in [1.82, 2.24) is 0 Å². The largest absolute Gasteiger partial charge is 0.310 e. The van der Waals surface area contributed by atoms with Gasteiger partial charge in [-0.1, -0.05) is 166 Å². The molecule has 0 spiro atoms. The van der Waals surface area contributed by atoms with E-state index in [1.807, 2.05) is 0 Å². The van der Waals surface area contributed by atoms with E-state index in [1.165, 1.54) is 66.4 Å². The van der Waals surface area contributed by atoms with Gasteiger partial charge in [-0.25, -0.2) is 0 Å². The first-order chi connectivity index (χ1) is 24.6. The Labute approximate surface area is 294 Å². The maximum absolute atomic E-state index is 2.49. The van der Waals surface area contributed by atoms with Crippen molar-refractivity contribution >= 4 is 27.8 Å². The van der Waals surface area contributed by atoms with Crippen LogP contribution in [0, 0.1) is 0 Å². The van der Waals surface area contributed by atoms with Crippen molar-refractivity contribution in [3.63, 3.8) is 0 Å². The minimum absolute atomic E-state index is 0.145. The maximum Gasteiger partial charge on any atom is 0.0540 e. The summed E-state index contributed by atoms with van der Waals surface area (Å²) in [6.45, 7) is 4.75. The number of nitrogens with zero attached hydrogens (tertiary/aromatic N) is 1. The lowest BCUT2D eigenvalue weighted by Crippen LogP contribution is -2.17. The van der Waals surface area contributed by atoms with Crippen molar-refractivity contribution in [1.29, 1.82) is 0 Å². The number of hydrogen-bond acceptors (Lipinski definition) is 1. The highest BCUT2D eigenvalue weighted by Crippen LogP contribution is 2.55. The Balaban J connectivity index is 1.39. The normalized spacial score (nSPS) is 12.8. The Morgan fingerprint density at radius 2 is 0.900 bits per heavy atom. The second-order valence-electron chi connectivity index (χ2n) is 13.8. The molecule has 0 heterocycles. The minimum atomic E-state index is -0.145. The topological polar surface area (TPSA) is 3.24 Å². The predicted octanol–water partition coefficient (Wildman–Crippen LogP) is 13.6. The molecule has 0 fully saturated rings. The van der Waals surface area contributed by atoms with Gasteiger partial charge in [-0.3, -0.25) is 0 Å². The van der Waals surface area contributed by atoms with E-state index in [0.717, 1.165) is 17.1 Å². The van der Waals surface area contributed by atoms with Crippen molar-refractivity contribution < 1.29 is 0 Å². The molecule has 8 aromatic rings. The molecule has 0 bridgehead atoms. The molecule has 9 rings (SSSR count). The summed E-state index contributed by atoms with van der Waals surface area (Å²) in [6, 6.07) is 68.7. The number of anilines is 3. The van der Waals surface area contributed by atoms with Crippen LogP contribution in [0.5, 0.6) is 0 Å². The molecule has 50 heavy (non-hydrogen) atoms. The van der Waals surface area contributed by atoms with Gasteiger partial charge in [0, 0.05) is 22.2 Å². The summed E-state index contributed by atoms with van der Waals surface area (Å²) in [5.74, 6) is 0. The van der Waals surface area contributed by atoms with Crippen LogP contribution in [0.15, 0.2) is 188 Å². The van der Waals surface area contributed by atoms with Crippen molar-refractivity contribution in [2.75, 3.05) is 4.90 Å². The summed E-state index contributed by atoms with van der Waals surface area (Å²) in [6.07, 6.45) is 0. The third kappa shape index (κ3) is 5.02. The predicted molar refractivity (Wildman–Crippen MR) is 213 cm³/mol. The molecule has 0 N–H and O–H groups in total. The molecule has 1 aliphatic carbocycles. The fraction of sp³-hybridized carbons (Fsp3) is 0.0612. The van der Waals surface area contributed by atoms with Gasteiger partial charge in [0.25, 0.3) is 0 Å². The van der Waals surface area contributed by atoms with Crippen LogP contribution in [0.25, 0.3) is 55.3 Å². The summed E-state index contributed by atoms with van der Waals surface area (Å²) in [7, 11) is 0. The van der Waals surface area contributed by atoms with E-state index in [-0.39, 0.29) is 5.41 Å². The Kier molecular flexibility index (Phi) is 7.21. The third-order valence-electron chi connectivity index (χ3n) is 10.4. The van der Waals surface area contributed by atoms with E-state index in [2.05, 4.69) is 207 Å². The highest BCUT2D eigenvalue weighted by molar-refractivity contribution is 6.01. The van der Waals surface area contributed by atoms with Gasteiger partial charge in [-0.15, -0.1) is 0 Å². The van der Waals surface area contributed by atoms with Gasteiger partial charge in [0.15, 0.2) is 0 Å². The molecular weight excluding hydrogens is 603 g/mol. The molecule has 0 amide bonds. The van der Waals surface area contributed by atoms with Gasteiger partial charge in [-0.2, -0.15) is 0 Å². The molecule has 8 aromatic carbocycles. The van der Waals surface area contributed by atoms with Crippen LogP contribution in [0.4, 0.5) is 17.1 Å². The highest BCUT2D eigenvalue weighted by Gasteiger charge is 2.38. The second-order valence-corrected chi connectivity index (χ2v) is 13.8. The molecule has 0 aromatic heterocycles. The fourth-order valence-electron chi connectivity index (χ4n) is 8.05. The molecular formula is C49H37N. The van der Waals surface area contributed by atoms with Crippen molar-refractivity contribution in [2.45, 2.75) is 19.3 Å². The highest BCUT2D eigenvalue weighted by atomic mass is 15.1.